The van der Waals surface area contributed by atoms with Crippen LogP contribution in [0.15, 0.2) is 103 Å². The highest BCUT2D eigenvalue weighted by atomic mass is 31.1. The summed E-state index contributed by atoms with van der Waals surface area (Å²) in [5.41, 5.74) is 1.32. The Morgan fingerprint density at radius 3 is 1.77 bits per heavy atom. The van der Waals surface area contributed by atoms with Crippen LogP contribution < -0.4 is 10.6 Å². The van der Waals surface area contributed by atoms with Gasteiger partial charge >= 0.3 is 0 Å². The van der Waals surface area contributed by atoms with E-state index < -0.39 is 0 Å². The lowest BCUT2D eigenvalue weighted by atomic mass is 10.1. The summed E-state index contributed by atoms with van der Waals surface area (Å²) in [5.74, 6) is 1.08. The number of allylic oxidation sites excluding steroid dienone is 2. The Morgan fingerprint density at radius 1 is 0.769 bits per heavy atom. The van der Waals surface area contributed by atoms with Crippen LogP contribution in [0.2, 0.25) is 0 Å². The fourth-order valence-electron chi connectivity index (χ4n) is 2.98. The lowest BCUT2D eigenvalue weighted by molar-refractivity contribution is 0.280. The lowest BCUT2D eigenvalue weighted by Gasteiger charge is -2.19. The van der Waals surface area contributed by atoms with Gasteiger partial charge < -0.3 is 4.74 Å². The summed E-state index contributed by atoms with van der Waals surface area (Å²) in [6, 6.07) is 32.2. The van der Waals surface area contributed by atoms with Crippen molar-refractivity contribution in [3.8, 4) is 0 Å². The van der Waals surface area contributed by atoms with E-state index in [1.165, 1.54) is 16.2 Å². The zero-order valence-corrected chi connectivity index (χ0v) is 16.1. The number of hydrogen-bond donors (Lipinski definition) is 0. The van der Waals surface area contributed by atoms with Crippen LogP contribution in [0, 0.1) is 0 Å². The van der Waals surface area contributed by atoms with Crippen LogP contribution in [-0.4, -0.2) is 13.3 Å². The summed E-state index contributed by atoms with van der Waals surface area (Å²) in [7, 11) is 1.41. The third-order valence-electron chi connectivity index (χ3n) is 4.39. The molecule has 0 spiro atoms. The molecule has 0 unspecified atom stereocenters. The molecule has 0 aliphatic rings. The first kappa shape index (κ1) is 18.4. The lowest BCUT2D eigenvalue weighted by Crippen LogP contribution is -2.14. The van der Waals surface area contributed by atoms with E-state index in [0.29, 0.717) is 0 Å². The molecule has 26 heavy (non-hydrogen) atoms. The maximum Gasteiger partial charge on any atom is 0.0922 e. The molecule has 0 saturated carbocycles. The predicted octanol–water partition coefficient (Wildman–Crippen LogP) is 5.28. The van der Waals surface area contributed by atoms with Gasteiger partial charge in [-0.1, -0.05) is 91.0 Å². The zero-order valence-electron chi connectivity index (χ0n) is 15.2. The predicted molar refractivity (Wildman–Crippen MR) is 114 cm³/mol. The SMILES string of the molecule is CO/C(=C/Cc1ccccc1)CCP(c1ccccc1)c1ccccc1. The van der Waals surface area contributed by atoms with E-state index in [2.05, 4.69) is 97.1 Å². The molecule has 0 amide bonds. The van der Waals surface area contributed by atoms with Crippen molar-refractivity contribution in [2.45, 2.75) is 12.8 Å². The maximum absolute atomic E-state index is 5.67. The fraction of sp³-hybridized carbons (Fsp3) is 0.167. The summed E-state index contributed by atoms with van der Waals surface area (Å²) in [6.45, 7) is 0. The molecule has 2 heteroatoms. The molecular formula is C24H25OP. The minimum absolute atomic E-state index is 0.375. The third-order valence-corrected chi connectivity index (χ3v) is 6.90. The molecule has 3 aromatic rings. The van der Waals surface area contributed by atoms with Crippen LogP contribution in [0.4, 0.5) is 0 Å². The first-order valence-electron chi connectivity index (χ1n) is 9.01. The van der Waals surface area contributed by atoms with E-state index in [4.69, 9.17) is 4.74 Å². The van der Waals surface area contributed by atoms with Crippen LogP contribution in [0.25, 0.3) is 0 Å². The van der Waals surface area contributed by atoms with E-state index in [1.54, 1.807) is 7.11 Å². The van der Waals surface area contributed by atoms with Gasteiger partial charge in [0.1, 0.15) is 0 Å². The standard InChI is InChI=1S/C24H25OP/c1-25-22(18-17-21-11-5-2-6-12-21)19-20-26(23-13-7-3-8-14-23)24-15-9-4-10-16-24/h2-16,18H,17,19-20H2,1H3/b22-18+. The Morgan fingerprint density at radius 2 is 1.27 bits per heavy atom. The molecule has 1 nitrogen and oxygen atoms in total. The minimum Gasteiger partial charge on any atom is -0.501 e. The third kappa shape index (κ3) is 5.31. The summed E-state index contributed by atoms with van der Waals surface area (Å²) < 4.78 is 5.67. The number of rotatable bonds is 8. The minimum atomic E-state index is -0.375. The fourth-order valence-corrected chi connectivity index (χ4v) is 5.30. The first-order chi connectivity index (χ1) is 12.9. The highest BCUT2D eigenvalue weighted by Gasteiger charge is 2.14. The highest BCUT2D eigenvalue weighted by molar-refractivity contribution is 7.73. The molecule has 0 heterocycles. The number of ether oxygens (including phenoxy) is 1. The molecule has 132 valence electrons. The van der Waals surface area contributed by atoms with Crippen LogP contribution in [0.1, 0.15) is 12.0 Å². The van der Waals surface area contributed by atoms with Gasteiger partial charge in [0, 0.05) is 6.42 Å². The smallest absolute Gasteiger partial charge is 0.0922 e. The summed E-state index contributed by atoms with van der Waals surface area (Å²) in [5, 5.41) is 2.85. The number of benzene rings is 3. The van der Waals surface area contributed by atoms with Crippen molar-refractivity contribution in [3.05, 3.63) is 108 Å². The molecule has 0 N–H and O–H groups in total. The number of methoxy groups -OCH3 is 1. The zero-order chi connectivity index (χ0) is 18.0. The normalized spacial score (nSPS) is 11.5. The van der Waals surface area contributed by atoms with Gasteiger partial charge in [0.25, 0.3) is 0 Å². The summed E-state index contributed by atoms with van der Waals surface area (Å²) in [6.07, 6.45) is 5.19. The van der Waals surface area contributed by atoms with Gasteiger partial charge in [-0.15, -0.1) is 0 Å². The van der Waals surface area contributed by atoms with Gasteiger partial charge in [-0.05, 0) is 42.8 Å². The van der Waals surface area contributed by atoms with Crippen molar-refractivity contribution in [1.29, 1.82) is 0 Å². The number of hydrogen-bond acceptors (Lipinski definition) is 1. The quantitative estimate of drug-likeness (QED) is 0.392. The van der Waals surface area contributed by atoms with Gasteiger partial charge in [-0.3, -0.25) is 0 Å². The van der Waals surface area contributed by atoms with Gasteiger partial charge in [0.2, 0.25) is 0 Å². The molecule has 0 aliphatic heterocycles. The molecular weight excluding hydrogens is 335 g/mol. The maximum atomic E-state index is 5.67. The molecule has 0 aromatic heterocycles. The van der Waals surface area contributed by atoms with Crippen LogP contribution in [0.3, 0.4) is 0 Å². The highest BCUT2D eigenvalue weighted by Crippen LogP contribution is 2.35. The van der Waals surface area contributed by atoms with Crippen molar-refractivity contribution in [2.24, 2.45) is 0 Å². The van der Waals surface area contributed by atoms with Crippen LogP contribution in [-0.2, 0) is 11.2 Å². The average Bonchev–Trinajstić information content (AvgIpc) is 2.73. The largest absolute Gasteiger partial charge is 0.501 e. The van der Waals surface area contributed by atoms with Gasteiger partial charge in [0.05, 0.1) is 12.9 Å². The Bertz CT molecular complexity index is 758. The van der Waals surface area contributed by atoms with Crippen molar-refractivity contribution in [1.82, 2.24) is 0 Å². The molecule has 0 fully saturated rings. The molecule has 0 aliphatic carbocycles. The molecule has 3 rings (SSSR count). The molecule has 0 radical (unpaired) electrons. The molecule has 0 bridgehead atoms. The van der Waals surface area contributed by atoms with Crippen LogP contribution in [0.5, 0.6) is 0 Å². The van der Waals surface area contributed by atoms with Gasteiger partial charge in [0.15, 0.2) is 0 Å². The van der Waals surface area contributed by atoms with Crippen molar-refractivity contribution < 1.29 is 4.74 Å². The first-order valence-corrected chi connectivity index (χ1v) is 10.5. The summed E-state index contributed by atoms with van der Waals surface area (Å²) >= 11 is 0. The molecule has 0 atom stereocenters. The second-order valence-electron chi connectivity index (χ2n) is 6.14. The topological polar surface area (TPSA) is 9.23 Å². The van der Waals surface area contributed by atoms with E-state index in [1.807, 2.05) is 0 Å². The van der Waals surface area contributed by atoms with Gasteiger partial charge in [-0.25, -0.2) is 0 Å². The van der Waals surface area contributed by atoms with E-state index >= 15 is 0 Å². The molecule has 3 aromatic carbocycles. The Balaban J connectivity index is 1.72. The second-order valence-corrected chi connectivity index (χ2v) is 8.47. The van der Waals surface area contributed by atoms with Crippen molar-refractivity contribution in [2.75, 3.05) is 13.3 Å². The Labute approximate surface area is 158 Å². The van der Waals surface area contributed by atoms with E-state index in [-0.39, 0.29) is 7.92 Å². The van der Waals surface area contributed by atoms with Crippen LogP contribution >= 0.6 is 7.92 Å². The van der Waals surface area contributed by atoms with E-state index in [0.717, 1.165) is 24.8 Å². The molecule has 0 saturated heterocycles. The van der Waals surface area contributed by atoms with E-state index in [9.17, 15) is 0 Å². The second kappa shape index (κ2) is 9.94. The van der Waals surface area contributed by atoms with Gasteiger partial charge in [-0.2, -0.15) is 0 Å². The Kier molecular flexibility index (Phi) is 7.05. The monoisotopic (exact) mass is 360 g/mol. The van der Waals surface area contributed by atoms with Crippen molar-refractivity contribution in [3.63, 3.8) is 0 Å². The average molecular weight is 360 g/mol. The summed E-state index contributed by atoms with van der Waals surface area (Å²) in [4.78, 5) is 0. The Hall–Kier alpha value is -2.37. The van der Waals surface area contributed by atoms with Crippen molar-refractivity contribution >= 4 is 18.5 Å².